The highest BCUT2D eigenvalue weighted by atomic mass is 16.5. The molecule has 0 bridgehead atoms. The standard InChI is InChI=1S/C10H18O3/c1-4-7-13-10(11)9(2)6-5-8-12-3/h6H,4-5,7-8H2,1-3H3. The molecule has 0 rings (SSSR count). The molecule has 0 unspecified atom stereocenters. The van der Waals surface area contributed by atoms with E-state index in [1.165, 1.54) is 0 Å². The van der Waals surface area contributed by atoms with Crippen LogP contribution >= 0.6 is 0 Å². The van der Waals surface area contributed by atoms with Crippen molar-refractivity contribution in [1.82, 2.24) is 0 Å². The summed E-state index contributed by atoms with van der Waals surface area (Å²) in [5.74, 6) is -0.224. The maximum atomic E-state index is 11.2. The van der Waals surface area contributed by atoms with Crippen molar-refractivity contribution in [3.05, 3.63) is 11.6 Å². The van der Waals surface area contributed by atoms with Crippen molar-refractivity contribution >= 4 is 5.97 Å². The van der Waals surface area contributed by atoms with Crippen LogP contribution in [0.5, 0.6) is 0 Å². The van der Waals surface area contributed by atoms with Gasteiger partial charge >= 0.3 is 5.97 Å². The van der Waals surface area contributed by atoms with E-state index >= 15 is 0 Å². The van der Waals surface area contributed by atoms with E-state index in [0.717, 1.165) is 12.8 Å². The molecule has 0 N–H and O–H groups in total. The monoisotopic (exact) mass is 186 g/mol. The molecule has 0 aliphatic heterocycles. The van der Waals surface area contributed by atoms with Gasteiger partial charge in [0, 0.05) is 19.3 Å². The van der Waals surface area contributed by atoms with Crippen LogP contribution < -0.4 is 0 Å². The van der Waals surface area contributed by atoms with Crippen molar-refractivity contribution in [3.63, 3.8) is 0 Å². The topological polar surface area (TPSA) is 35.5 Å². The molecule has 0 saturated heterocycles. The first-order valence-corrected chi connectivity index (χ1v) is 4.55. The summed E-state index contributed by atoms with van der Waals surface area (Å²) in [7, 11) is 1.64. The van der Waals surface area contributed by atoms with Gasteiger partial charge in [-0.05, 0) is 19.8 Å². The van der Waals surface area contributed by atoms with Crippen LogP contribution in [0, 0.1) is 0 Å². The molecule has 0 heterocycles. The first kappa shape index (κ1) is 12.2. The molecule has 0 saturated carbocycles. The van der Waals surface area contributed by atoms with Crippen molar-refractivity contribution in [2.75, 3.05) is 20.3 Å². The Kier molecular flexibility index (Phi) is 7.30. The zero-order valence-corrected chi connectivity index (χ0v) is 8.63. The van der Waals surface area contributed by atoms with Crippen LogP contribution in [-0.2, 0) is 14.3 Å². The summed E-state index contributed by atoms with van der Waals surface area (Å²) in [5, 5.41) is 0. The Morgan fingerprint density at radius 2 is 2.08 bits per heavy atom. The van der Waals surface area contributed by atoms with Crippen LogP contribution in [0.4, 0.5) is 0 Å². The summed E-state index contributed by atoms with van der Waals surface area (Å²) in [6.07, 6.45) is 3.45. The molecular formula is C10H18O3. The van der Waals surface area contributed by atoms with Gasteiger partial charge in [-0.3, -0.25) is 0 Å². The Hall–Kier alpha value is -0.830. The largest absolute Gasteiger partial charge is 0.462 e. The van der Waals surface area contributed by atoms with E-state index in [9.17, 15) is 4.79 Å². The summed E-state index contributed by atoms with van der Waals surface area (Å²) in [5.41, 5.74) is 0.658. The molecule has 0 aliphatic carbocycles. The Labute approximate surface area is 79.7 Å². The van der Waals surface area contributed by atoms with Crippen molar-refractivity contribution in [3.8, 4) is 0 Å². The van der Waals surface area contributed by atoms with Crippen molar-refractivity contribution < 1.29 is 14.3 Å². The molecule has 3 heteroatoms. The average Bonchev–Trinajstić information content (AvgIpc) is 2.14. The SMILES string of the molecule is CCCOC(=O)C(C)=CCCOC. The second kappa shape index (κ2) is 7.80. The van der Waals surface area contributed by atoms with Crippen LogP contribution in [0.3, 0.4) is 0 Å². The molecule has 0 aromatic carbocycles. The highest BCUT2D eigenvalue weighted by molar-refractivity contribution is 5.87. The molecular weight excluding hydrogens is 168 g/mol. The van der Waals surface area contributed by atoms with Crippen LogP contribution in [0.2, 0.25) is 0 Å². The first-order valence-electron chi connectivity index (χ1n) is 4.55. The minimum Gasteiger partial charge on any atom is -0.462 e. The molecule has 0 spiro atoms. The van der Waals surface area contributed by atoms with E-state index in [2.05, 4.69) is 0 Å². The Morgan fingerprint density at radius 1 is 1.38 bits per heavy atom. The molecule has 0 aromatic rings. The molecule has 0 atom stereocenters. The van der Waals surface area contributed by atoms with Gasteiger partial charge in [0.05, 0.1) is 6.61 Å². The zero-order chi connectivity index (χ0) is 10.1. The summed E-state index contributed by atoms with van der Waals surface area (Å²) in [4.78, 5) is 11.2. The maximum absolute atomic E-state index is 11.2. The summed E-state index contributed by atoms with van der Waals surface area (Å²) < 4.78 is 9.79. The fourth-order valence-corrected chi connectivity index (χ4v) is 0.785. The lowest BCUT2D eigenvalue weighted by Gasteiger charge is -2.02. The van der Waals surface area contributed by atoms with Gasteiger partial charge < -0.3 is 9.47 Å². The van der Waals surface area contributed by atoms with Gasteiger partial charge in [-0.15, -0.1) is 0 Å². The van der Waals surface area contributed by atoms with Gasteiger partial charge in [-0.25, -0.2) is 4.79 Å². The fraction of sp³-hybridized carbons (Fsp3) is 0.700. The number of esters is 1. The molecule has 3 nitrogen and oxygen atoms in total. The van der Waals surface area contributed by atoms with Crippen molar-refractivity contribution in [2.24, 2.45) is 0 Å². The number of hydrogen-bond donors (Lipinski definition) is 0. The lowest BCUT2D eigenvalue weighted by molar-refractivity contribution is -0.139. The predicted octanol–water partition coefficient (Wildman–Crippen LogP) is 1.92. The van der Waals surface area contributed by atoms with E-state index in [-0.39, 0.29) is 5.97 Å². The number of rotatable bonds is 6. The van der Waals surface area contributed by atoms with Gasteiger partial charge in [0.1, 0.15) is 0 Å². The number of ether oxygens (including phenoxy) is 2. The number of hydrogen-bond acceptors (Lipinski definition) is 3. The molecule has 76 valence electrons. The lowest BCUT2D eigenvalue weighted by atomic mass is 10.2. The molecule has 0 radical (unpaired) electrons. The third-order valence-electron chi connectivity index (χ3n) is 1.53. The van der Waals surface area contributed by atoms with Crippen LogP contribution in [0.1, 0.15) is 26.7 Å². The Balaban J connectivity index is 3.72. The fourth-order valence-electron chi connectivity index (χ4n) is 0.785. The molecule has 13 heavy (non-hydrogen) atoms. The molecule has 0 aromatic heterocycles. The number of methoxy groups -OCH3 is 1. The second-order valence-electron chi connectivity index (χ2n) is 2.80. The zero-order valence-electron chi connectivity index (χ0n) is 8.63. The van der Waals surface area contributed by atoms with Gasteiger partial charge in [0.15, 0.2) is 0 Å². The average molecular weight is 186 g/mol. The Bertz CT molecular complexity index is 173. The summed E-state index contributed by atoms with van der Waals surface area (Å²) >= 11 is 0. The van der Waals surface area contributed by atoms with E-state index < -0.39 is 0 Å². The third-order valence-corrected chi connectivity index (χ3v) is 1.53. The van der Waals surface area contributed by atoms with Crippen LogP contribution in [0.25, 0.3) is 0 Å². The van der Waals surface area contributed by atoms with Crippen molar-refractivity contribution in [1.29, 1.82) is 0 Å². The van der Waals surface area contributed by atoms with Gasteiger partial charge in [0.2, 0.25) is 0 Å². The smallest absolute Gasteiger partial charge is 0.333 e. The van der Waals surface area contributed by atoms with Crippen LogP contribution in [0.15, 0.2) is 11.6 Å². The summed E-state index contributed by atoms with van der Waals surface area (Å²) in [6, 6.07) is 0. The van der Waals surface area contributed by atoms with Gasteiger partial charge in [-0.2, -0.15) is 0 Å². The first-order chi connectivity index (χ1) is 6.22. The van der Waals surface area contributed by atoms with Crippen molar-refractivity contribution in [2.45, 2.75) is 26.7 Å². The van der Waals surface area contributed by atoms with E-state index in [1.54, 1.807) is 14.0 Å². The minimum absolute atomic E-state index is 0.224. The molecule has 0 amide bonds. The second-order valence-corrected chi connectivity index (χ2v) is 2.80. The van der Waals surface area contributed by atoms with E-state index in [0.29, 0.717) is 18.8 Å². The molecule has 0 fully saturated rings. The quantitative estimate of drug-likeness (QED) is 0.361. The van der Waals surface area contributed by atoms with Gasteiger partial charge in [-0.1, -0.05) is 13.0 Å². The maximum Gasteiger partial charge on any atom is 0.333 e. The normalized spacial score (nSPS) is 11.5. The van der Waals surface area contributed by atoms with E-state index in [4.69, 9.17) is 9.47 Å². The third kappa shape index (κ3) is 6.34. The van der Waals surface area contributed by atoms with Crippen LogP contribution in [-0.4, -0.2) is 26.3 Å². The predicted molar refractivity (Wildman–Crippen MR) is 51.5 cm³/mol. The highest BCUT2D eigenvalue weighted by Crippen LogP contribution is 1.99. The highest BCUT2D eigenvalue weighted by Gasteiger charge is 2.03. The van der Waals surface area contributed by atoms with E-state index in [1.807, 2.05) is 13.0 Å². The lowest BCUT2D eigenvalue weighted by Crippen LogP contribution is -2.06. The number of carbonyl (C=O) groups is 1. The summed E-state index contributed by atoms with van der Waals surface area (Å²) in [6.45, 7) is 4.86. The molecule has 0 aliphatic rings. The Morgan fingerprint density at radius 3 is 2.62 bits per heavy atom. The minimum atomic E-state index is -0.224. The van der Waals surface area contributed by atoms with Gasteiger partial charge in [0.25, 0.3) is 0 Å². The number of carbonyl (C=O) groups excluding carboxylic acids is 1.